The number of aromatic nitrogens is 1. The predicted molar refractivity (Wildman–Crippen MR) is 126 cm³/mol. The summed E-state index contributed by atoms with van der Waals surface area (Å²) >= 11 is 0. The van der Waals surface area contributed by atoms with Crippen LogP contribution >= 0.6 is 0 Å². The summed E-state index contributed by atoms with van der Waals surface area (Å²) in [7, 11) is 0. The molecule has 2 heterocycles. The van der Waals surface area contributed by atoms with Gasteiger partial charge >= 0.3 is 0 Å². The lowest BCUT2D eigenvalue weighted by molar-refractivity contribution is -0.140. The van der Waals surface area contributed by atoms with Crippen molar-refractivity contribution in [3.63, 3.8) is 0 Å². The molecule has 0 spiro atoms. The fourth-order valence-corrected chi connectivity index (χ4v) is 5.51. The molecule has 0 bridgehead atoms. The van der Waals surface area contributed by atoms with E-state index in [2.05, 4.69) is 34.4 Å². The molecule has 1 saturated heterocycles. The average Bonchev–Trinajstić information content (AvgIpc) is 3.56. The van der Waals surface area contributed by atoms with Crippen LogP contribution in [-0.4, -0.2) is 40.5 Å². The Bertz CT molecular complexity index is 960. The number of carbonyl (C=O) groups is 2. The Labute approximate surface area is 196 Å². The topological polar surface area (TPSA) is 75.4 Å². The molecule has 2 aliphatic carbocycles. The lowest BCUT2D eigenvalue weighted by atomic mass is 9.81. The first-order valence-electron chi connectivity index (χ1n) is 12.7. The standard InChI is InChI=1S/C27H35N3O3/c1-18-7-9-21(10-8-18)27(32)30-14-13-22(16-23(30)15-19-5-3-2-4-6-19)28-26(31)24-17-25(33-29-24)20-11-12-20/h2-6,17-18,20-23H,7-16H2,1H3,(H,28,31). The molecule has 2 amide bonds. The van der Waals surface area contributed by atoms with Crippen molar-refractivity contribution in [3.8, 4) is 0 Å². The highest BCUT2D eigenvalue weighted by molar-refractivity contribution is 5.92. The van der Waals surface area contributed by atoms with E-state index in [1.807, 2.05) is 18.2 Å². The molecule has 1 N–H and O–H groups in total. The molecule has 6 heteroatoms. The summed E-state index contributed by atoms with van der Waals surface area (Å²) in [4.78, 5) is 28.4. The molecule has 6 nitrogen and oxygen atoms in total. The number of piperidine rings is 1. The predicted octanol–water partition coefficient (Wildman–Crippen LogP) is 4.71. The second kappa shape index (κ2) is 9.70. The van der Waals surface area contributed by atoms with E-state index in [-0.39, 0.29) is 23.9 Å². The van der Waals surface area contributed by atoms with Crippen molar-refractivity contribution in [1.29, 1.82) is 0 Å². The number of hydrogen-bond acceptors (Lipinski definition) is 4. The highest BCUT2D eigenvalue weighted by Crippen LogP contribution is 2.40. The van der Waals surface area contributed by atoms with E-state index in [1.165, 1.54) is 5.56 Å². The number of benzene rings is 1. The average molecular weight is 450 g/mol. The smallest absolute Gasteiger partial charge is 0.273 e. The molecule has 1 aromatic carbocycles. The molecule has 1 aromatic heterocycles. The van der Waals surface area contributed by atoms with Crippen LogP contribution in [0.4, 0.5) is 0 Å². The third-order valence-corrected chi connectivity index (χ3v) is 7.75. The van der Waals surface area contributed by atoms with Crippen LogP contribution in [0.2, 0.25) is 0 Å². The van der Waals surface area contributed by atoms with Gasteiger partial charge in [0, 0.05) is 36.5 Å². The summed E-state index contributed by atoms with van der Waals surface area (Å²) in [5.41, 5.74) is 1.60. The van der Waals surface area contributed by atoms with E-state index in [1.54, 1.807) is 6.07 Å². The first-order valence-corrected chi connectivity index (χ1v) is 12.7. The monoisotopic (exact) mass is 449 g/mol. The largest absolute Gasteiger partial charge is 0.360 e. The number of amides is 2. The highest BCUT2D eigenvalue weighted by Gasteiger charge is 2.37. The highest BCUT2D eigenvalue weighted by atomic mass is 16.5. The molecule has 1 aliphatic heterocycles. The Morgan fingerprint density at radius 1 is 1.06 bits per heavy atom. The Hall–Kier alpha value is -2.63. The second-order valence-corrected chi connectivity index (χ2v) is 10.4. The van der Waals surface area contributed by atoms with Gasteiger partial charge in [0.25, 0.3) is 5.91 Å². The molecule has 5 rings (SSSR count). The van der Waals surface area contributed by atoms with Gasteiger partial charge < -0.3 is 14.7 Å². The number of carbonyl (C=O) groups excluding carboxylic acids is 2. The van der Waals surface area contributed by atoms with Crippen molar-refractivity contribution >= 4 is 11.8 Å². The van der Waals surface area contributed by atoms with Gasteiger partial charge in [-0.15, -0.1) is 0 Å². The number of nitrogens with zero attached hydrogens (tertiary/aromatic N) is 2. The zero-order chi connectivity index (χ0) is 22.8. The first-order chi connectivity index (χ1) is 16.1. The Balaban J connectivity index is 1.26. The summed E-state index contributed by atoms with van der Waals surface area (Å²) in [6.07, 6.45) is 8.89. The Kier molecular flexibility index (Phi) is 6.52. The zero-order valence-electron chi connectivity index (χ0n) is 19.5. The van der Waals surface area contributed by atoms with Crippen molar-refractivity contribution in [3.05, 3.63) is 53.4 Å². The maximum absolute atomic E-state index is 13.5. The molecule has 2 atom stereocenters. The molecule has 2 saturated carbocycles. The maximum atomic E-state index is 13.5. The van der Waals surface area contributed by atoms with Crippen LogP contribution in [0.5, 0.6) is 0 Å². The number of likely N-dealkylation sites (tertiary alicyclic amines) is 1. The van der Waals surface area contributed by atoms with Crippen LogP contribution < -0.4 is 5.32 Å². The lowest BCUT2D eigenvalue weighted by Gasteiger charge is -2.42. The van der Waals surface area contributed by atoms with Gasteiger partial charge in [-0.1, -0.05) is 42.4 Å². The van der Waals surface area contributed by atoms with Gasteiger partial charge in [0.1, 0.15) is 5.76 Å². The zero-order valence-corrected chi connectivity index (χ0v) is 19.5. The van der Waals surface area contributed by atoms with E-state index in [0.717, 1.165) is 69.5 Å². The van der Waals surface area contributed by atoms with Gasteiger partial charge in [-0.05, 0) is 69.3 Å². The van der Waals surface area contributed by atoms with Crippen molar-refractivity contribution in [1.82, 2.24) is 15.4 Å². The quantitative estimate of drug-likeness (QED) is 0.693. The fraction of sp³-hybridized carbons (Fsp3) is 0.593. The third kappa shape index (κ3) is 5.31. The summed E-state index contributed by atoms with van der Waals surface area (Å²) in [6, 6.07) is 12.3. The van der Waals surface area contributed by atoms with E-state index in [4.69, 9.17) is 4.52 Å². The van der Waals surface area contributed by atoms with Crippen molar-refractivity contribution in [2.24, 2.45) is 11.8 Å². The van der Waals surface area contributed by atoms with Crippen molar-refractivity contribution in [2.45, 2.75) is 82.7 Å². The molecule has 33 heavy (non-hydrogen) atoms. The summed E-state index contributed by atoms with van der Waals surface area (Å²) in [6.45, 7) is 2.98. The minimum Gasteiger partial charge on any atom is -0.360 e. The van der Waals surface area contributed by atoms with E-state index < -0.39 is 0 Å². The van der Waals surface area contributed by atoms with Crippen LogP contribution in [-0.2, 0) is 11.2 Å². The van der Waals surface area contributed by atoms with Gasteiger partial charge in [-0.2, -0.15) is 0 Å². The Morgan fingerprint density at radius 3 is 2.55 bits per heavy atom. The lowest BCUT2D eigenvalue weighted by Crippen LogP contribution is -2.54. The van der Waals surface area contributed by atoms with Crippen LogP contribution in [0.25, 0.3) is 0 Å². The number of hydrogen-bond donors (Lipinski definition) is 1. The van der Waals surface area contributed by atoms with Crippen LogP contribution in [0.15, 0.2) is 40.9 Å². The normalized spacial score (nSPS) is 27.8. The van der Waals surface area contributed by atoms with E-state index >= 15 is 0 Å². The van der Waals surface area contributed by atoms with Crippen molar-refractivity contribution in [2.75, 3.05) is 6.54 Å². The summed E-state index contributed by atoms with van der Waals surface area (Å²) in [5.74, 6) is 2.29. The molecule has 2 unspecified atom stereocenters. The van der Waals surface area contributed by atoms with Gasteiger partial charge in [-0.25, -0.2) is 0 Å². The third-order valence-electron chi connectivity index (χ3n) is 7.75. The van der Waals surface area contributed by atoms with Gasteiger partial charge in [-0.3, -0.25) is 9.59 Å². The van der Waals surface area contributed by atoms with Gasteiger partial charge in [0.2, 0.25) is 5.91 Å². The molecular formula is C27H35N3O3. The molecule has 2 aromatic rings. The van der Waals surface area contributed by atoms with Gasteiger partial charge in [0.15, 0.2) is 5.69 Å². The second-order valence-electron chi connectivity index (χ2n) is 10.4. The summed E-state index contributed by atoms with van der Waals surface area (Å²) < 4.78 is 5.36. The number of nitrogens with one attached hydrogen (secondary N) is 1. The molecule has 3 aliphatic rings. The summed E-state index contributed by atoms with van der Waals surface area (Å²) in [5, 5.41) is 7.16. The maximum Gasteiger partial charge on any atom is 0.273 e. The van der Waals surface area contributed by atoms with E-state index in [0.29, 0.717) is 24.1 Å². The first kappa shape index (κ1) is 22.2. The molecule has 0 radical (unpaired) electrons. The van der Waals surface area contributed by atoms with Crippen LogP contribution in [0, 0.1) is 11.8 Å². The fourth-order valence-electron chi connectivity index (χ4n) is 5.51. The van der Waals surface area contributed by atoms with Crippen molar-refractivity contribution < 1.29 is 14.1 Å². The number of rotatable bonds is 6. The van der Waals surface area contributed by atoms with Gasteiger partial charge in [0.05, 0.1) is 0 Å². The van der Waals surface area contributed by atoms with E-state index in [9.17, 15) is 9.59 Å². The molecule has 176 valence electrons. The van der Waals surface area contributed by atoms with Crippen LogP contribution in [0.1, 0.15) is 86.0 Å². The molecule has 3 fully saturated rings. The SMILES string of the molecule is CC1CCC(C(=O)N2CCC(NC(=O)c3cc(C4CC4)on3)CC2Cc2ccccc2)CC1. The van der Waals surface area contributed by atoms with Crippen LogP contribution in [0.3, 0.4) is 0 Å². The Morgan fingerprint density at radius 2 is 1.82 bits per heavy atom. The molecular weight excluding hydrogens is 414 g/mol. The minimum atomic E-state index is -0.171. The minimum absolute atomic E-state index is 0.0303.